The first-order chi connectivity index (χ1) is 10.9. The van der Waals surface area contributed by atoms with Crippen LogP contribution < -0.4 is 5.32 Å². The summed E-state index contributed by atoms with van der Waals surface area (Å²) >= 11 is 1.53. The van der Waals surface area contributed by atoms with Crippen molar-refractivity contribution in [3.63, 3.8) is 0 Å². The highest BCUT2D eigenvalue weighted by Gasteiger charge is 2.27. The molecule has 0 aliphatic heterocycles. The van der Waals surface area contributed by atoms with Crippen molar-refractivity contribution in [1.82, 2.24) is 10.5 Å². The Balaban J connectivity index is 1.77. The van der Waals surface area contributed by atoms with Gasteiger partial charge in [-0.2, -0.15) is 0 Å². The van der Waals surface area contributed by atoms with E-state index < -0.39 is 5.60 Å². The number of aryl methyl sites for hydroxylation is 2. The van der Waals surface area contributed by atoms with E-state index in [2.05, 4.69) is 10.5 Å². The SMILES string of the molecule is Cc1noc(C)c1C(=O)NC[C@](C)(O)c1cc2ccccc2s1. The number of hydrogen-bond donors (Lipinski definition) is 2. The molecule has 0 bridgehead atoms. The Bertz CT molecular complexity index is 811. The van der Waals surface area contributed by atoms with E-state index in [1.165, 1.54) is 11.3 Å². The molecule has 0 saturated heterocycles. The second kappa shape index (κ2) is 5.79. The molecule has 6 heteroatoms. The van der Waals surface area contributed by atoms with Crippen LogP contribution in [0, 0.1) is 13.8 Å². The number of thiophene rings is 1. The van der Waals surface area contributed by atoms with Gasteiger partial charge in [-0.3, -0.25) is 4.79 Å². The standard InChI is InChI=1S/C17H18N2O3S/c1-10-15(11(2)22-19-10)16(20)18-9-17(3,21)14-8-12-6-4-5-7-13(12)23-14/h4-8,21H,9H2,1-3H3,(H,18,20)/t17-/m0/s1. The van der Waals surface area contributed by atoms with Gasteiger partial charge in [0.15, 0.2) is 0 Å². The molecule has 1 atom stereocenters. The number of aliphatic hydroxyl groups is 1. The summed E-state index contributed by atoms with van der Waals surface area (Å²) in [5.41, 5.74) is -0.170. The number of fused-ring (bicyclic) bond motifs is 1. The Morgan fingerprint density at radius 2 is 2.13 bits per heavy atom. The van der Waals surface area contributed by atoms with E-state index in [1.54, 1.807) is 20.8 Å². The zero-order valence-electron chi connectivity index (χ0n) is 13.2. The molecule has 5 nitrogen and oxygen atoms in total. The summed E-state index contributed by atoms with van der Waals surface area (Å²) in [7, 11) is 0. The van der Waals surface area contributed by atoms with Gasteiger partial charge in [-0.05, 0) is 38.3 Å². The van der Waals surface area contributed by atoms with Crippen LogP contribution in [0.15, 0.2) is 34.9 Å². The van der Waals surface area contributed by atoms with Gasteiger partial charge in [0.05, 0.1) is 12.2 Å². The molecule has 2 heterocycles. The van der Waals surface area contributed by atoms with Gasteiger partial charge in [-0.1, -0.05) is 23.4 Å². The highest BCUT2D eigenvalue weighted by atomic mass is 32.1. The van der Waals surface area contributed by atoms with E-state index in [1.807, 2.05) is 30.3 Å². The van der Waals surface area contributed by atoms with Crippen molar-refractivity contribution in [1.29, 1.82) is 0 Å². The molecule has 1 aromatic carbocycles. The largest absolute Gasteiger partial charge is 0.383 e. The van der Waals surface area contributed by atoms with Gasteiger partial charge >= 0.3 is 0 Å². The van der Waals surface area contributed by atoms with Gasteiger partial charge < -0.3 is 14.9 Å². The number of aromatic nitrogens is 1. The van der Waals surface area contributed by atoms with Gasteiger partial charge in [-0.15, -0.1) is 11.3 Å². The Kier molecular flexibility index (Phi) is 3.95. The van der Waals surface area contributed by atoms with E-state index >= 15 is 0 Å². The first kappa shape index (κ1) is 15.7. The topological polar surface area (TPSA) is 75.4 Å². The van der Waals surface area contributed by atoms with E-state index in [4.69, 9.17) is 4.52 Å². The number of carbonyl (C=O) groups excluding carboxylic acids is 1. The van der Waals surface area contributed by atoms with E-state index in [9.17, 15) is 9.90 Å². The smallest absolute Gasteiger partial charge is 0.256 e. The zero-order chi connectivity index (χ0) is 16.6. The van der Waals surface area contributed by atoms with Crippen LogP contribution in [-0.4, -0.2) is 22.7 Å². The Hall–Kier alpha value is -2.18. The quantitative estimate of drug-likeness (QED) is 0.770. The minimum atomic E-state index is -1.14. The second-order valence-corrected chi connectivity index (χ2v) is 6.89. The lowest BCUT2D eigenvalue weighted by molar-refractivity contribution is 0.0556. The van der Waals surface area contributed by atoms with Gasteiger partial charge in [0.25, 0.3) is 5.91 Å². The van der Waals surface area contributed by atoms with Crippen molar-refractivity contribution >= 4 is 27.3 Å². The number of hydrogen-bond acceptors (Lipinski definition) is 5. The molecule has 0 aliphatic rings. The maximum absolute atomic E-state index is 12.3. The number of nitrogens with zero attached hydrogens (tertiary/aromatic N) is 1. The monoisotopic (exact) mass is 330 g/mol. The lowest BCUT2D eigenvalue weighted by Crippen LogP contribution is -2.38. The predicted octanol–water partition coefficient (Wildman–Crippen LogP) is 3.14. The van der Waals surface area contributed by atoms with Crippen molar-refractivity contribution in [3.8, 4) is 0 Å². The molecule has 1 amide bonds. The third kappa shape index (κ3) is 3.00. The number of nitrogens with one attached hydrogen (secondary N) is 1. The molecule has 0 spiro atoms. The molecule has 0 unspecified atom stereocenters. The lowest BCUT2D eigenvalue weighted by atomic mass is 10.0. The summed E-state index contributed by atoms with van der Waals surface area (Å²) in [5, 5.41) is 18.4. The minimum absolute atomic E-state index is 0.114. The summed E-state index contributed by atoms with van der Waals surface area (Å²) < 4.78 is 6.11. The van der Waals surface area contributed by atoms with Gasteiger partial charge in [-0.25, -0.2) is 0 Å². The van der Waals surface area contributed by atoms with Crippen LogP contribution in [0.25, 0.3) is 10.1 Å². The predicted molar refractivity (Wildman–Crippen MR) is 89.7 cm³/mol. The molecule has 3 rings (SSSR count). The number of carbonyl (C=O) groups is 1. The molecular weight excluding hydrogens is 312 g/mol. The van der Waals surface area contributed by atoms with E-state index in [-0.39, 0.29) is 12.5 Å². The molecule has 2 aromatic heterocycles. The maximum Gasteiger partial charge on any atom is 0.256 e. The molecule has 0 fully saturated rings. The first-order valence-electron chi connectivity index (χ1n) is 7.31. The average Bonchev–Trinajstić information content (AvgIpc) is 3.09. The fourth-order valence-corrected chi connectivity index (χ4v) is 3.59. The van der Waals surface area contributed by atoms with Crippen LogP contribution in [-0.2, 0) is 5.60 Å². The summed E-state index contributed by atoms with van der Waals surface area (Å²) in [5.74, 6) is 0.184. The van der Waals surface area contributed by atoms with Crippen LogP contribution in [0.1, 0.15) is 33.6 Å². The molecule has 3 aromatic rings. The van der Waals surface area contributed by atoms with Crippen molar-refractivity contribution in [2.45, 2.75) is 26.4 Å². The fraction of sp³-hybridized carbons (Fsp3) is 0.294. The zero-order valence-corrected chi connectivity index (χ0v) is 14.0. The average molecular weight is 330 g/mol. The molecule has 0 saturated carbocycles. The highest BCUT2D eigenvalue weighted by Crippen LogP contribution is 2.32. The summed E-state index contributed by atoms with van der Waals surface area (Å²) in [6.07, 6.45) is 0. The van der Waals surface area contributed by atoms with Crippen LogP contribution in [0.2, 0.25) is 0 Å². The van der Waals surface area contributed by atoms with Crippen molar-refractivity contribution in [2.75, 3.05) is 6.54 Å². The normalized spacial score (nSPS) is 13.9. The first-order valence-corrected chi connectivity index (χ1v) is 8.12. The Morgan fingerprint density at radius 1 is 1.39 bits per heavy atom. The second-order valence-electron chi connectivity index (χ2n) is 5.80. The molecule has 0 radical (unpaired) electrons. The number of benzene rings is 1. The summed E-state index contributed by atoms with van der Waals surface area (Å²) in [4.78, 5) is 13.1. The van der Waals surface area contributed by atoms with Crippen LogP contribution >= 0.6 is 11.3 Å². The molecule has 120 valence electrons. The van der Waals surface area contributed by atoms with Crippen molar-refractivity contribution in [2.24, 2.45) is 0 Å². The van der Waals surface area contributed by atoms with E-state index in [0.29, 0.717) is 17.0 Å². The minimum Gasteiger partial charge on any atom is -0.383 e. The van der Waals surface area contributed by atoms with Gasteiger partial charge in [0.2, 0.25) is 0 Å². The maximum atomic E-state index is 12.3. The van der Waals surface area contributed by atoms with Crippen LogP contribution in [0.4, 0.5) is 0 Å². The third-order valence-electron chi connectivity index (χ3n) is 3.81. The van der Waals surface area contributed by atoms with E-state index in [0.717, 1.165) is 15.0 Å². The summed E-state index contributed by atoms with van der Waals surface area (Å²) in [6.45, 7) is 5.22. The van der Waals surface area contributed by atoms with Crippen LogP contribution in [0.5, 0.6) is 0 Å². The molecule has 23 heavy (non-hydrogen) atoms. The van der Waals surface area contributed by atoms with Crippen molar-refractivity contribution in [3.05, 3.63) is 52.2 Å². The number of amides is 1. The van der Waals surface area contributed by atoms with Gasteiger partial charge in [0, 0.05) is 9.58 Å². The molecule has 2 N–H and O–H groups in total. The molecular formula is C17H18N2O3S. The Labute approximate surface area is 137 Å². The highest BCUT2D eigenvalue weighted by molar-refractivity contribution is 7.19. The molecule has 0 aliphatic carbocycles. The Morgan fingerprint density at radius 3 is 2.78 bits per heavy atom. The third-order valence-corrected chi connectivity index (χ3v) is 5.18. The lowest BCUT2D eigenvalue weighted by Gasteiger charge is -2.22. The summed E-state index contributed by atoms with van der Waals surface area (Å²) in [6, 6.07) is 9.92. The van der Waals surface area contributed by atoms with Crippen LogP contribution in [0.3, 0.4) is 0 Å². The van der Waals surface area contributed by atoms with Gasteiger partial charge in [0.1, 0.15) is 16.9 Å². The van der Waals surface area contributed by atoms with Crippen molar-refractivity contribution < 1.29 is 14.4 Å². The number of rotatable bonds is 4. The fourth-order valence-electron chi connectivity index (χ4n) is 2.48.